The molecule has 2 aromatic carbocycles. The molecule has 0 atom stereocenters. The van der Waals surface area contributed by atoms with Crippen LogP contribution in [0, 0.1) is 12.7 Å². The van der Waals surface area contributed by atoms with E-state index < -0.39 is 24.3 Å². The van der Waals surface area contributed by atoms with Gasteiger partial charge in [0.15, 0.2) is 6.61 Å². The molecule has 0 aliphatic rings. The number of aromatic hydroxyl groups is 1. The molecule has 0 unspecified atom stereocenters. The first-order valence-electron chi connectivity index (χ1n) is 7.32. The Hall–Kier alpha value is -2.89. The molecule has 1 amide bonds. The van der Waals surface area contributed by atoms with E-state index in [4.69, 9.17) is 4.74 Å². The summed E-state index contributed by atoms with van der Waals surface area (Å²) in [6.45, 7) is 1.35. The van der Waals surface area contributed by atoms with E-state index in [1.807, 2.05) is 0 Å². The smallest absolute Gasteiger partial charge is 0.342 e. The fourth-order valence-electron chi connectivity index (χ4n) is 2.10. The number of ether oxygens (including phenoxy) is 1. The van der Waals surface area contributed by atoms with Crippen LogP contribution in [0.1, 0.15) is 21.5 Å². The van der Waals surface area contributed by atoms with E-state index in [0.29, 0.717) is 5.56 Å². The van der Waals surface area contributed by atoms with E-state index in [2.05, 4.69) is 0 Å². The molecule has 5 nitrogen and oxygen atoms in total. The monoisotopic (exact) mass is 331 g/mol. The second-order valence-corrected chi connectivity index (χ2v) is 5.44. The van der Waals surface area contributed by atoms with E-state index in [9.17, 15) is 19.1 Å². The number of benzene rings is 2. The number of aryl methyl sites for hydroxylation is 1. The molecule has 0 bridgehead atoms. The minimum absolute atomic E-state index is 0.000410. The van der Waals surface area contributed by atoms with Crippen molar-refractivity contribution in [1.29, 1.82) is 0 Å². The highest BCUT2D eigenvalue weighted by Gasteiger charge is 2.17. The lowest BCUT2D eigenvalue weighted by Gasteiger charge is -2.17. The number of phenols is 1. The molecule has 24 heavy (non-hydrogen) atoms. The van der Waals surface area contributed by atoms with Gasteiger partial charge in [-0.3, -0.25) is 4.79 Å². The maximum atomic E-state index is 13.6. The Balaban J connectivity index is 1.93. The third-order valence-corrected chi connectivity index (χ3v) is 3.49. The first-order chi connectivity index (χ1) is 11.4. The summed E-state index contributed by atoms with van der Waals surface area (Å²) in [5.74, 6) is -1.88. The largest absolute Gasteiger partial charge is 0.507 e. The van der Waals surface area contributed by atoms with Crippen LogP contribution in [-0.4, -0.2) is 35.5 Å². The predicted octanol–water partition coefficient (Wildman–Crippen LogP) is 2.66. The molecule has 0 aromatic heterocycles. The number of amides is 1. The van der Waals surface area contributed by atoms with E-state index in [0.717, 1.165) is 5.56 Å². The van der Waals surface area contributed by atoms with Gasteiger partial charge in [0.25, 0.3) is 5.91 Å². The van der Waals surface area contributed by atoms with Gasteiger partial charge in [-0.25, -0.2) is 9.18 Å². The second kappa shape index (κ2) is 7.59. The lowest BCUT2D eigenvalue weighted by molar-refractivity contribution is -0.133. The summed E-state index contributed by atoms with van der Waals surface area (Å²) in [6.07, 6.45) is 0. The minimum atomic E-state index is -0.788. The van der Waals surface area contributed by atoms with Gasteiger partial charge in [0, 0.05) is 19.2 Å². The van der Waals surface area contributed by atoms with Crippen molar-refractivity contribution >= 4 is 11.9 Å². The molecule has 0 fully saturated rings. The summed E-state index contributed by atoms with van der Waals surface area (Å²) in [6, 6.07) is 10.7. The molecule has 0 aliphatic carbocycles. The van der Waals surface area contributed by atoms with Crippen LogP contribution in [0.15, 0.2) is 42.5 Å². The van der Waals surface area contributed by atoms with Crippen LogP contribution in [0.5, 0.6) is 5.75 Å². The highest BCUT2D eigenvalue weighted by atomic mass is 19.1. The van der Waals surface area contributed by atoms with Gasteiger partial charge < -0.3 is 14.7 Å². The van der Waals surface area contributed by atoms with Gasteiger partial charge in [0.05, 0.1) is 0 Å². The molecule has 0 radical (unpaired) electrons. The fraction of sp³-hybridized carbons (Fsp3) is 0.222. The molecule has 0 saturated heterocycles. The fourth-order valence-corrected chi connectivity index (χ4v) is 2.10. The zero-order valence-corrected chi connectivity index (χ0v) is 13.5. The minimum Gasteiger partial charge on any atom is -0.507 e. The molecule has 2 rings (SSSR count). The SMILES string of the molecule is Cc1ccc(O)c(C(=O)OCC(=O)N(C)Cc2ccccc2F)c1. The van der Waals surface area contributed by atoms with Gasteiger partial charge in [-0.2, -0.15) is 0 Å². The zero-order valence-electron chi connectivity index (χ0n) is 13.5. The topological polar surface area (TPSA) is 66.8 Å². The lowest BCUT2D eigenvalue weighted by atomic mass is 10.1. The number of phenolic OH excluding ortho intramolecular Hbond substituents is 1. The van der Waals surface area contributed by atoms with Crippen LogP contribution < -0.4 is 0 Å². The summed E-state index contributed by atoms with van der Waals surface area (Å²) >= 11 is 0. The lowest BCUT2D eigenvalue weighted by Crippen LogP contribution is -2.31. The van der Waals surface area contributed by atoms with Gasteiger partial charge in [-0.15, -0.1) is 0 Å². The molecule has 0 aliphatic heterocycles. The summed E-state index contributed by atoms with van der Waals surface area (Å²) in [5, 5.41) is 9.67. The molecule has 0 spiro atoms. The normalized spacial score (nSPS) is 10.3. The van der Waals surface area contributed by atoms with Crippen molar-refractivity contribution in [2.45, 2.75) is 13.5 Å². The predicted molar refractivity (Wildman–Crippen MR) is 86.0 cm³/mol. The van der Waals surface area contributed by atoms with Crippen molar-refractivity contribution in [2.24, 2.45) is 0 Å². The third kappa shape index (κ3) is 4.32. The zero-order chi connectivity index (χ0) is 17.7. The number of likely N-dealkylation sites (N-methyl/N-ethyl adjacent to an activating group) is 1. The van der Waals surface area contributed by atoms with Gasteiger partial charge >= 0.3 is 5.97 Å². The van der Waals surface area contributed by atoms with E-state index >= 15 is 0 Å². The third-order valence-electron chi connectivity index (χ3n) is 3.49. The van der Waals surface area contributed by atoms with E-state index in [-0.39, 0.29) is 17.9 Å². The Bertz CT molecular complexity index is 760. The molecule has 0 heterocycles. The van der Waals surface area contributed by atoms with Crippen LogP contribution in [0.4, 0.5) is 4.39 Å². The van der Waals surface area contributed by atoms with Crippen LogP contribution in [0.25, 0.3) is 0 Å². The Morgan fingerprint density at radius 3 is 2.62 bits per heavy atom. The summed E-state index contributed by atoms with van der Waals surface area (Å²) < 4.78 is 18.5. The Morgan fingerprint density at radius 1 is 1.21 bits per heavy atom. The van der Waals surface area contributed by atoms with Crippen molar-refractivity contribution in [3.63, 3.8) is 0 Å². The first-order valence-corrected chi connectivity index (χ1v) is 7.32. The molecule has 0 saturated carbocycles. The Kier molecular flexibility index (Phi) is 5.52. The quantitative estimate of drug-likeness (QED) is 0.856. The number of hydrogen-bond acceptors (Lipinski definition) is 4. The number of rotatable bonds is 5. The van der Waals surface area contributed by atoms with Crippen LogP contribution >= 0.6 is 0 Å². The van der Waals surface area contributed by atoms with Crippen molar-refractivity contribution in [3.05, 3.63) is 65.0 Å². The standard InChI is InChI=1S/C18H18FNO4/c1-12-7-8-16(21)14(9-12)18(23)24-11-17(22)20(2)10-13-5-3-4-6-15(13)19/h3-9,21H,10-11H2,1-2H3. The number of carbonyl (C=O) groups excluding carboxylic acids is 2. The van der Waals surface area contributed by atoms with Crippen molar-refractivity contribution in [3.8, 4) is 5.75 Å². The van der Waals surface area contributed by atoms with E-state index in [1.165, 1.54) is 30.1 Å². The van der Waals surface area contributed by atoms with Gasteiger partial charge in [0.2, 0.25) is 0 Å². The Labute approximate surface area is 139 Å². The maximum Gasteiger partial charge on any atom is 0.342 e. The summed E-state index contributed by atoms with van der Waals surface area (Å²) in [4.78, 5) is 25.2. The highest BCUT2D eigenvalue weighted by Crippen LogP contribution is 2.19. The van der Waals surface area contributed by atoms with Crippen molar-refractivity contribution in [1.82, 2.24) is 4.90 Å². The second-order valence-electron chi connectivity index (χ2n) is 5.44. The molecule has 126 valence electrons. The number of hydrogen-bond donors (Lipinski definition) is 1. The van der Waals surface area contributed by atoms with Crippen LogP contribution in [0.2, 0.25) is 0 Å². The van der Waals surface area contributed by atoms with E-state index in [1.54, 1.807) is 31.2 Å². The number of halogens is 1. The average molecular weight is 331 g/mol. The first kappa shape index (κ1) is 17.5. The molecule has 1 N–H and O–H groups in total. The number of carbonyl (C=O) groups is 2. The maximum absolute atomic E-state index is 13.6. The van der Waals surface area contributed by atoms with Gasteiger partial charge in [0.1, 0.15) is 17.1 Å². The molecular formula is C18H18FNO4. The van der Waals surface area contributed by atoms with Gasteiger partial charge in [-0.1, -0.05) is 29.8 Å². The summed E-state index contributed by atoms with van der Waals surface area (Å²) in [5.41, 5.74) is 1.15. The number of nitrogens with zero attached hydrogens (tertiary/aromatic N) is 1. The van der Waals surface area contributed by atoms with Crippen molar-refractivity contribution in [2.75, 3.05) is 13.7 Å². The Morgan fingerprint density at radius 2 is 1.92 bits per heavy atom. The van der Waals surface area contributed by atoms with Crippen LogP contribution in [-0.2, 0) is 16.1 Å². The average Bonchev–Trinajstić information content (AvgIpc) is 2.56. The highest BCUT2D eigenvalue weighted by molar-refractivity contribution is 5.94. The summed E-state index contributed by atoms with van der Waals surface area (Å²) in [7, 11) is 1.49. The molecular weight excluding hydrogens is 313 g/mol. The van der Waals surface area contributed by atoms with Crippen LogP contribution in [0.3, 0.4) is 0 Å². The van der Waals surface area contributed by atoms with Gasteiger partial charge in [-0.05, 0) is 25.1 Å². The van der Waals surface area contributed by atoms with Crippen molar-refractivity contribution < 1.29 is 23.8 Å². The molecule has 2 aromatic rings. The number of esters is 1. The molecule has 6 heteroatoms.